The van der Waals surface area contributed by atoms with Gasteiger partial charge >= 0.3 is 0 Å². The van der Waals surface area contributed by atoms with Crippen LogP contribution in [0.2, 0.25) is 5.02 Å². The highest BCUT2D eigenvalue weighted by molar-refractivity contribution is 7.90. The quantitative estimate of drug-likeness (QED) is 0.0902. The molecule has 2 N–H and O–H groups in total. The number of likely N-dealkylation sites (tertiary alicyclic amines) is 1. The van der Waals surface area contributed by atoms with Crippen LogP contribution in [0.3, 0.4) is 0 Å². The van der Waals surface area contributed by atoms with Gasteiger partial charge < -0.3 is 24.3 Å². The third kappa shape index (κ3) is 10.1. The molecule has 5 heterocycles. The molecule has 17 heteroatoms. The second-order valence-corrected chi connectivity index (χ2v) is 20.8. The lowest BCUT2D eigenvalue weighted by Crippen LogP contribution is -2.47. The molecule has 0 radical (unpaired) electrons. The van der Waals surface area contributed by atoms with E-state index >= 15 is 0 Å². The van der Waals surface area contributed by atoms with Gasteiger partial charge in [-0.1, -0.05) is 43.2 Å². The Balaban J connectivity index is 0.931. The number of aromatic amines is 1. The number of aromatic nitrogens is 2. The number of piperazine rings is 1. The summed E-state index contributed by atoms with van der Waals surface area (Å²) in [5.74, 6) is -0.858. The number of carbonyl (C=O) groups excluding carboxylic acids is 2. The second-order valence-electron chi connectivity index (χ2n) is 18.7. The summed E-state index contributed by atoms with van der Waals surface area (Å²) in [6.45, 7) is 10.0. The maximum Gasteiger partial charge on any atom is 0.277 e. The smallest absolute Gasteiger partial charge is 0.277 e. The fraction of sp³-hybridized carbons (Fsp3) is 0.408. The highest BCUT2D eigenvalue weighted by Gasteiger charge is 2.34. The molecule has 3 aliphatic heterocycles. The van der Waals surface area contributed by atoms with Crippen molar-refractivity contribution in [3.8, 4) is 17.2 Å². The van der Waals surface area contributed by atoms with Crippen LogP contribution in [-0.2, 0) is 21.2 Å². The van der Waals surface area contributed by atoms with Gasteiger partial charge in [0.2, 0.25) is 5.91 Å². The zero-order chi connectivity index (χ0) is 46.2. The van der Waals surface area contributed by atoms with Gasteiger partial charge in [-0.05, 0) is 97.9 Å². The van der Waals surface area contributed by atoms with Crippen LogP contribution in [0, 0.1) is 21.4 Å². The Labute approximate surface area is 389 Å². The number of H-pyrrole nitrogens is 1. The number of nitro groups is 1. The minimum absolute atomic E-state index is 0.0199. The van der Waals surface area contributed by atoms with E-state index in [1.54, 1.807) is 24.4 Å². The summed E-state index contributed by atoms with van der Waals surface area (Å²) in [7, 11) is -4.68. The van der Waals surface area contributed by atoms with Gasteiger partial charge in [0.05, 0.1) is 33.7 Å². The molecule has 1 atom stereocenters. The number of ether oxygens (including phenoxy) is 2. The van der Waals surface area contributed by atoms with E-state index in [1.165, 1.54) is 35.0 Å². The molecule has 66 heavy (non-hydrogen) atoms. The van der Waals surface area contributed by atoms with Crippen LogP contribution in [-0.4, -0.2) is 97.3 Å². The van der Waals surface area contributed by atoms with Crippen molar-refractivity contribution < 1.29 is 32.4 Å². The molecule has 0 spiro atoms. The highest BCUT2D eigenvalue weighted by Crippen LogP contribution is 2.44. The first-order chi connectivity index (χ1) is 31.7. The average Bonchev–Trinajstić information content (AvgIpc) is 3.78. The fourth-order valence-corrected chi connectivity index (χ4v) is 10.8. The van der Waals surface area contributed by atoms with Crippen LogP contribution in [0.1, 0.15) is 80.3 Å². The highest BCUT2D eigenvalue weighted by atomic mass is 35.5. The number of carbonyl (C=O) groups is 2. The second kappa shape index (κ2) is 18.7. The summed E-state index contributed by atoms with van der Waals surface area (Å²) in [6, 6.07) is 18.9. The number of nitrogens with zero attached hydrogens (tertiary/aromatic N) is 5. The molecule has 5 aromatic rings. The van der Waals surface area contributed by atoms with E-state index in [-0.39, 0.29) is 59.3 Å². The molecule has 2 aromatic heterocycles. The summed E-state index contributed by atoms with van der Waals surface area (Å²) in [6.07, 6.45) is 9.75. The SMILES string of the molecule is CC1(C)CCC(CN2CCN(c3ccc(C(=O)NS(=O)(=O)c4cc5c(c([N+](=O)[O-])c4)C[C@@H](CC(=O)N4CCCCC4)CO5)c(Oc4cnc5[nH]ccc5c4)c3)CC2)=C(c2ccc(Cl)cc2)C1. The number of benzene rings is 3. The number of allylic oxidation sites excluding steroid dienone is 1. The zero-order valence-electron chi connectivity index (χ0n) is 37.2. The predicted molar refractivity (Wildman–Crippen MR) is 253 cm³/mol. The summed E-state index contributed by atoms with van der Waals surface area (Å²) >= 11 is 6.25. The summed E-state index contributed by atoms with van der Waals surface area (Å²) < 4.78 is 42.3. The van der Waals surface area contributed by atoms with Crippen LogP contribution < -0.4 is 19.1 Å². The van der Waals surface area contributed by atoms with Gasteiger partial charge in [0.25, 0.3) is 21.6 Å². The summed E-state index contributed by atoms with van der Waals surface area (Å²) in [5, 5.41) is 13.9. The van der Waals surface area contributed by atoms with Gasteiger partial charge in [-0.2, -0.15) is 0 Å². The van der Waals surface area contributed by atoms with Crippen molar-refractivity contribution in [2.75, 3.05) is 57.3 Å². The Bertz CT molecular complexity index is 2810. The standard InChI is InChI=1S/C49H54ClN7O8S/c1-49(2)14-12-35(42(28-49)33-6-8-36(50)9-7-33)30-54-18-20-55(21-19-54)37-10-11-40(45(25-37)65-38-24-34-13-15-51-47(34)52-29-38)48(59)53-66(62,63)39-26-43(57(60)61)41-22-32(31-64-44(41)27-39)23-46(58)56-16-4-3-5-17-56/h6-11,13,15,24-27,29,32H,3-5,12,14,16-23,28,30-31H2,1-2H3,(H,51,52)(H,53,59)/t32-/m0/s1. The number of sulfonamides is 1. The molecule has 2 fully saturated rings. The van der Waals surface area contributed by atoms with E-state index in [9.17, 15) is 28.1 Å². The lowest BCUT2D eigenvalue weighted by atomic mass is 9.72. The molecule has 1 aliphatic carbocycles. The average molecular weight is 937 g/mol. The number of pyridine rings is 1. The van der Waals surface area contributed by atoms with Crippen LogP contribution in [0.25, 0.3) is 16.6 Å². The number of anilines is 1. The molecule has 346 valence electrons. The van der Waals surface area contributed by atoms with E-state index in [4.69, 9.17) is 21.1 Å². The lowest BCUT2D eigenvalue weighted by molar-refractivity contribution is -0.386. The Hall–Kier alpha value is -5.97. The van der Waals surface area contributed by atoms with Gasteiger partial charge in [-0.15, -0.1) is 0 Å². The van der Waals surface area contributed by atoms with Crippen molar-refractivity contribution in [3.05, 3.63) is 117 Å². The monoisotopic (exact) mass is 935 g/mol. The zero-order valence-corrected chi connectivity index (χ0v) is 38.8. The molecular weight excluding hydrogens is 882 g/mol. The lowest BCUT2D eigenvalue weighted by Gasteiger charge is -2.39. The number of halogens is 1. The number of fused-ring (bicyclic) bond motifs is 2. The number of rotatable bonds is 12. The largest absolute Gasteiger partial charge is 0.493 e. The molecule has 15 nitrogen and oxygen atoms in total. The first kappa shape index (κ1) is 45.2. The molecular formula is C49H54ClN7O8S. The Kier molecular flexibility index (Phi) is 12.8. The Morgan fingerprint density at radius 3 is 2.53 bits per heavy atom. The van der Waals surface area contributed by atoms with Gasteiger partial charge in [0, 0.05) is 98.6 Å². The van der Waals surface area contributed by atoms with Crippen LogP contribution in [0.4, 0.5) is 11.4 Å². The number of amides is 2. The van der Waals surface area contributed by atoms with Crippen molar-refractivity contribution in [1.29, 1.82) is 0 Å². The fourth-order valence-electron chi connectivity index (χ4n) is 9.68. The number of hydrogen-bond acceptors (Lipinski definition) is 11. The van der Waals surface area contributed by atoms with Gasteiger partial charge in [-0.3, -0.25) is 24.6 Å². The van der Waals surface area contributed by atoms with Crippen LogP contribution in [0.15, 0.2) is 89.6 Å². The molecule has 2 saturated heterocycles. The molecule has 3 aromatic carbocycles. The van der Waals surface area contributed by atoms with Gasteiger partial charge in [0.1, 0.15) is 22.9 Å². The van der Waals surface area contributed by atoms with Crippen molar-refractivity contribution in [2.45, 2.75) is 70.1 Å². The molecule has 4 aliphatic rings. The topological polar surface area (TPSA) is 180 Å². The van der Waals surface area contributed by atoms with E-state index in [1.807, 2.05) is 23.1 Å². The first-order valence-electron chi connectivity index (χ1n) is 22.7. The van der Waals surface area contributed by atoms with E-state index < -0.39 is 31.4 Å². The minimum Gasteiger partial charge on any atom is -0.493 e. The Morgan fingerprint density at radius 1 is 1.00 bits per heavy atom. The van der Waals surface area contributed by atoms with E-state index in [0.717, 1.165) is 80.3 Å². The maximum atomic E-state index is 14.1. The maximum absolute atomic E-state index is 14.1. The minimum atomic E-state index is -4.68. The van der Waals surface area contributed by atoms with Crippen molar-refractivity contribution >= 4 is 61.4 Å². The van der Waals surface area contributed by atoms with Gasteiger partial charge in [-0.25, -0.2) is 18.1 Å². The van der Waals surface area contributed by atoms with Crippen molar-refractivity contribution in [2.24, 2.45) is 11.3 Å². The number of nitrogens with one attached hydrogen (secondary N) is 2. The molecule has 0 saturated carbocycles. The molecule has 9 rings (SSSR count). The third-order valence-electron chi connectivity index (χ3n) is 13.4. The Morgan fingerprint density at radius 2 is 1.77 bits per heavy atom. The van der Waals surface area contributed by atoms with Crippen LogP contribution in [0.5, 0.6) is 17.2 Å². The molecule has 0 bridgehead atoms. The number of piperidine rings is 1. The number of hydrogen-bond donors (Lipinski definition) is 2. The third-order valence-corrected chi connectivity index (χ3v) is 14.9. The normalized spacial score (nSPS) is 19.0. The van der Waals surface area contributed by atoms with Crippen molar-refractivity contribution in [3.63, 3.8) is 0 Å². The summed E-state index contributed by atoms with van der Waals surface area (Å²) in [4.78, 5) is 52.3. The molecule has 2 amide bonds. The van der Waals surface area contributed by atoms with E-state index in [2.05, 4.69) is 50.5 Å². The van der Waals surface area contributed by atoms with Gasteiger partial charge in [0.15, 0.2) is 0 Å². The van der Waals surface area contributed by atoms with E-state index in [0.29, 0.717) is 37.6 Å². The number of nitro benzene ring substituents is 1. The van der Waals surface area contributed by atoms with Crippen molar-refractivity contribution in [1.82, 2.24) is 24.5 Å². The van der Waals surface area contributed by atoms with Crippen LogP contribution >= 0.6 is 11.6 Å². The first-order valence-corrected chi connectivity index (χ1v) is 24.5. The summed E-state index contributed by atoms with van der Waals surface area (Å²) in [5.41, 5.74) is 5.42. The predicted octanol–water partition coefficient (Wildman–Crippen LogP) is 8.78. The molecule has 0 unspecified atom stereocenters.